The zero-order valence-corrected chi connectivity index (χ0v) is 8.93. The Labute approximate surface area is 73.2 Å². The second-order valence-electron chi connectivity index (χ2n) is 4.00. The highest BCUT2D eigenvalue weighted by atomic mass is 28.3. The van der Waals surface area contributed by atoms with Gasteiger partial charge in [0.05, 0.1) is 13.6 Å². The van der Waals surface area contributed by atoms with Crippen LogP contribution in [0.3, 0.4) is 0 Å². The van der Waals surface area contributed by atoms with E-state index in [0.717, 1.165) is 0 Å². The van der Waals surface area contributed by atoms with E-state index in [1.165, 1.54) is 6.92 Å². The van der Waals surface area contributed by atoms with E-state index in [-0.39, 0.29) is 0 Å². The van der Waals surface area contributed by atoms with Crippen molar-refractivity contribution in [2.75, 3.05) is 0 Å². The van der Waals surface area contributed by atoms with Gasteiger partial charge in [-0.1, -0.05) is 19.6 Å². The molecule has 0 aliphatic heterocycles. The smallest absolute Gasteiger partial charge is 0.173 e. The molecule has 12 heavy (non-hydrogen) atoms. The molecule has 0 aromatic rings. The van der Waals surface area contributed by atoms with Crippen LogP contribution in [-0.2, 0) is 9.59 Å². The molecule has 4 heteroatoms. The Balaban J connectivity index is 4.58. The fourth-order valence-corrected chi connectivity index (χ4v) is 2.44. The SMILES string of the molecule is CC(F)C(=O)C(C=O)[Si](C)(C)C. The first kappa shape index (κ1) is 11.5. The highest BCUT2D eigenvalue weighted by Crippen LogP contribution is 2.22. The van der Waals surface area contributed by atoms with E-state index < -0.39 is 25.6 Å². The number of rotatable bonds is 4. The van der Waals surface area contributed by atoms with Gasteiger partial charge in [0.15, 0.2) is 12.0 Å². The summed E-state index contributed by atoms with van der Waals surface area (Å²) in [5.41, 5.74) is -0.697. The highest BCUT2D eigenvalue weighted by Gasteiger charge is 2.34. The molecule has 0 aliphatic rings. The first-order chi connectivity index (χ1) is 5.30. The monoisotopic (exact) mass is 190 g/mol. The van der Waals surface area contributed by atoms with Gasteiger partial charge in [-0.25, -0.2) is 4.39 Å². The van der Waals surface area contributed by atoms with Crippen LogP contribution in [0.1, 0.15) is 6.92 Å². The maximum Gasteiger partial charge on any atom is 0.173 e. The topological polar surface area (TPSA) is 34.1 Å². The summed E-state index contributed by atoms with van der Waals surface area (Å²) in [6.45, 7) is 6.82. The standard InChI is InChI=1S/C8H15FO2Si/c1-6(9)8(11)7(5-10)12(2,3)4/h5-7H,1-4H3. The van der Waals surface area contributed by atoms with Gasteiger partial charge in [0, 0.05) is 0 Å². The Morgan fingerprint density at radius 1 is 1.42 bits per heavy atom. The lowest BCUT2D eigenvalue weighted by atomic mass is 10.2. The normalized spacial score (nSPS) is 16.8. The van der Waals surface area contributed by atoms with Crippen LogP contribution in [0.25, 0.3) is 0 Å². The van der Waals surface area contributed by atoms with Crippen LogP contribution in [0.4, 0.5) is 4.39 Å². The van der Waals surface area contributed by atoms with Crippen molar-refractivity contribution in [3.05, 3.63) is 0 Å². The van der Waals surface area contributed by atoms with Gasteiger partial charge in [0.1, 0.15) is 6.29 Å². The third-order valence-electron chi connectivity index (χ3n) is 1.77. The quantitative estimate of drug-likeness (QED) is 0.385. The number of carbonyl (C=O) groups excluding carboxylic acids is 2. The van der Waals surface area contributed by atoms with Crippen LogP contribution >= 0.6 is 0 Å². The molecule has 0 heterocycles. The molecule has 0 saturated carbocycles. The number of alkyl halides is 1. The van der Waals surface area contributed by atoms with E-state index in [2.05, 4.69) is 0 Å². The summed E-state index contributed by atoms with van der Waals surface area (Å²) < 4.78 is 12.6. The van der Waals surface area contributed by atoms with Crippen LogP contribution in [0.15, 0.2) is 0 Å². The number of hydrogen-bond donors (Lipinski definition) is 0. The first-order valence-electron chi connectivity index (χ1n) is 3.93. The Bertz CT molecular complexity index is 184. The van der Waals surface area contributed by atoms with Gasteiger partial charge in [-0.05, 0) is 6.92 Å². The van der Waals surface area contributed by atoms with Crippen molar-refractivity contribution in [3.63, 3.8) is 0 Å². The average molecular weight is 190 g/mol. The fourth-order valence-electron chi connectivity index (χ4n) is 0.945. The van der Waals surface area contributed by atoms with E-state index in [1.54, 1.807) is 0 Å². The molecular weight excluding hydrogens is 175 g/mol. The summed E-state index contributed by atoms with van der Waals surface area (Å²) in [5.74, 6) is -0.566. The Morgan fingerprint density at radius 3 is 1.92 bits per heavy atom. The van der Waals surface area contributed by atoms with Crippen molar-refractivity contribution < 1.29 is 14.0 Å². The number of ketones is 1. The Morgan fingerprint density at radius 2 is 1.83 bits per heavy atom. The maximum absolute atomic E-state index is 12.6. The van der Waals surface area contributed by atoms with Crippen molar-refractivity contribution >= 4 is 20.1 Å². The predicted octanol–water partition coefficient (Wildman–Crippen LogP) is 1.82. The minimum absolute atomic E-state index is 0.566. The molecule has 0 bridgehead atoms. The summed E-state index contributed by atoms with van der Waals surface area (Å²) in [6, 6.07) is 0. The molecule has 0 aromatic heterocycles. The van der Waals surface area contributed by atoms with Gasteiger partial charge < -0.3 is 4.79 Å². The largest absolute Gasteiger partial charge is 0.303 e. The van der Waals surface area contributed by atoms with Crippen molar-refractivity contribution in [3.8, 4) is 0 Å². The van der Waals surface area contributed by atoms with E-state index in [0.29, 0.717) is 6.29 Å². The number of aldehydes is 1. The molecule has 0 aliphatic carbocycles. The Kier molecular flexibility index (Phi) is 3.77. The molecule has 2 unspecified atom stereocenters. The van der Waals surface area contributed by atoms with Crippen molar-refractivity contribution in [2.24, 2.45) is 0 Å². The number of Topliss-reactive ketones (excluding diaryl/α,β-unsaturated/α-hetero) is 1. The summed E-state index contributed by atoms with van der Waals surface area (Å²) in [5, 5.41) is 0. The van der Waals surface area contributed by atoms with Gasteiger partial charge in [0.2, 0.25) is 0 Å². The predicted molar refractivity (Wildman–Crippen MR) is 48.7 cm³/mol. The molecule has 0 fully saturated rings. The van der Waals surface area contributed by atoms with Gasteiger partial charge in [-0.15, -0.1) is 0 Å². The second kappa shape index (κ2) is 3.94. The van der Waals surface area contributed by atoms with Crippen LogP contribution in [-0.4, -0.2) is 26.3 Å². The zero-order valence-electron chi connectivity index (χ0n) is 7.93. The number of halogens is 1. The van der Waals surface area contributed by atoms with Crippen LogP contribution < -0.4 is 0 Å². The maximum atomic E-state index is 12.6. The number of hydrogen-bond acceptors (Lipinski definition) is 2. The summed E-state index contributed by atoms with van der Waals surface area (Å²) in [7, 11) is -1.87. The van der Waals surface area contributed by atoms with Crippen molar-refractivity contribution in [1.29, 1.82) is 0 Å². The first-order valence-corrected chi connectivity index (χ1v) is 7.51. The minimum Gasteiger partial charge on any atom is -0.303 e. The minimum atomic E-state index is -1.87. The molecule has 0 radical (unpaired) electrons. The van der Waals surface area contributed by atoms with Gasteiger partial charge in [-0.2, -0.15) is 0 Å². The summed E-state index contributed by atoms with van der Waals surface area (Å²) in [4.78, 5) is 21.7. The summed E-state index contributed by atoms with van der Waals surface area (Å²) >= 11 is 0. The summed E-state index contributed by atoms with van der Waals surface area (Å²) in [6.07, 6.45) is -0.933. The average Bonchev–Trinajstić information content (AvgIpc) is 1.85. The lowest BCUT2D eigenvalue weighted by molar-refractivity contribution is -0.125. The highest BCUT2D eigenvalue weighted by molar-refractivity contribution is 6.83. The van der Waals surface area contributed by atoms with Crippen molar-refractivity contribution in [1.82, 2.24) is 0 Å². The van der Waals surface area contributed by atoms with Crippen molar-refractivity contribution in [2.45, 2.75) is 38.3 Å². The van der Waals surface area contributed by atoms with Gasteiger partial charge in [-0.3, -0.25) is 4.79 Å². The second-order valence-corrected chi connectivity index (χ2v) is 9.35. The molecule has 0 aromatic carbocycles. The van der Waals surface area contributed by atoms with Crippen LogP contribution in [0, 0.1) is 0 Å². The van der Waals surface area contributed by atoms with E-state index in [9.17, 15) is 14.0 Å². The Hall–Kier alpha value is -0.513. The van der Waals surface area contributed by atoms with E-state index >= 15 is 0 Å². The van der Waals surface area contributed by atoms with Crippen LogP contribution in [0.2, 0.25) is 25.2 Å². The molecule has 70 valence electrons. The molecule has 0 spiro atoms. The lowest BCUT2D eigenvalue weighted by Gasteiger charge is -2.22. The van der Waals surface area contributed by atoms with Gasteiger partial charge in [0.25, 0.3) is 0 Å². The number of carbonyl (C=O) groups is 2. The third kappa shape index (κ3) is 2.85. The fraction of sp³-hybridized carbons (Fsp3) is 0.750. The molecule has 0 amide bonds. The molecule has 0 saturated heterocycles. The molecule has 2 nitrogen and oxygen atoms in total. The molecule has 2 atom stereocenters. The van der Waals surface area contributed by atoms with E-state index in [1.807, 2.05) is 19.6 Å². The zero-order chi connectivity index (χ0) is 9.94. The molecular formula is C8H15FO2Si. The third-order valence-corrected chi connectivity index (χ3v) is 4.05. The van der Waals surface area contributed by atoms with E-state index in [4.69, 9.17) is 0 Å². The molecule has 0 N–H and O–H groups in total. The van der Waals surface area contributed by atoms with Gasteiger partial charge >= 0.3 is 0 Å². The molecule has 0 rings (SSSR count). The lowest BCUT2D eigenvalue weighted by Crippen LogP contribution is -2.37. The van der Waals surface area contributed by atoms with Crippen LogP contribution in [0.5, 0.6) is 0 Å².